The first kappa shape index (κ1) is 16.4. The summed E-state index contributed by atoms with van der Waals surface area (Å²) in [6.07, 6.45) is 0. The molecule has 0 saturated heterocycles. The van der Waals surface area contributed by atoms with E-state index in [1.54, 1.807) is 13.0 Å². The number of rotatable bonds is 3. The number of nitriles is 1. The maximum absolute atomic E-state index is 13.3. The number of anilines is 1. The lowest BCUT2D eigenvalue weighted by Gasteiger charge is -2.19. The van der Waals surface area contributed by atoms with Gasteiger partial charge in [-0.1, -0.05) is 6.07 Å². The van der Waals surface area contributed by atoms with Crippen molar-refractivity contribution >= 4 is 5.82 Å². The number of benzene rings is 1. The first-order valence-corrected chi connectivity index (χ1v) is 6.69. The van der Waals surface area contributed by atoms with Crippen LogP contribution >= 0.6 is 0 Å². The average molecular weight is 320 g/mol. The van der Waals surface area contributed by atoms with Crippen LogP contribution in [0.15, 0.2) is 27.8 Å². The van der Waals surface area contributed by atoms with E-state index in [2.05, 4.69) is 5.32 Å². The maximum atomic E-state index is 13.3. The van der Waals surface area contributed by atoms with Gasteiger partial charge >= 0.3 is 5.69 Å². The Bertz CT molecular complexity index is 925. The van der Waals surface area contributed by atoms with Gasteiger partial charge in [0.2, 0.25) is 0 Å². The Morgan fingerprint density at radius 3 is 2.39 bits per heavy atom. The second-order valence-corrected chi connectivity index (χ2v) is 5.08. The van der Waals surface area contributed by atoms with E-state index in [1.807, 2.05) is 0 Å². The van der Waals surface area contributed by atoms with Gasteiger partial charge in [0.1, 0.15) is 11.9 Å². The lowest BCUT2D eigenvalue weighted by atomic mass is 10.1. The van der Waals surface area contributed by atoms with Crippen LogP contribution in [0.2, 0.25) is 0 Å². The zero-order chi connectivity index (χ0) is 17.3. The van der Waals surface area contributed by atoms with E-state index in [-0.39, 0.29) is 11.4 Å². The van der Waals surface area contributed by atoms with Gasteiger partial charge < -0.3 is 5.32 Å². The van der Waals surface area contributed by atoms with Crippen LogP contribution in [-0.2, 0) is 14.1 Å². The normalized spacial score (nSPS) is 11.8. The molecule has 120 valence electrons. The molecule has 2 rings (SSSR count). The van der Waals surface area contributed by atoms with E-state index < -0.39 is 28.9 Å². The highest BCUT2D eigenvalue weighted by atomic mass is 19.2. The van der Waals surface area contributed by atoms with E-state index in [0.29, 0.717) is 5.56 Å². The fraction of sp³-hybridized carbons (Fsp3) is 0.267. The Hall–Kier alpha value is -2.95. The molecule has 1 atom stereocenters. The van der Waals surface area contributed by atoms with Gasteiger partial charge in [0, 0.05) is 14.1 Å². The van der Waals surface area contributed by atoms with E-state index in [9.17, 15) is 23.6 Å². The minimum absolute atomic E-state index is 0.0258. The summed E-state index contributed by atoms with van der Waals surface area (Å²) in [6, 6.07) is 4.57. The molecule has 0 aliphatic rings. The zero-order valence-corrected chi connectivity index (χ0v) is 12.7. The molecule has 2 aromatic rings. The number of hydrogen-bond acceptors (Lipinski definition) is 4. The number of halogens is 2. The number of nitrogens with zero attached hydrogens (tertiary/aromatic N) is 3. The fourth-order valence-corrected chi connectivity index (χ4v) is 2.18. The molecule has 6 nitrogen and oxygen atoms in total. The van der Waals surface area contributed by atoms with Crippen molar-refractivity contribution in [3.05, 3.63) is 61.8 Å². The van der Waals surface area contributed by atoms with Gasteiger partial charge in [-0.05, 0) is 24.6 Å². The second-order valence-electron chi connectivity index (χ2n) is 5.08. The third-order valence-electron chi connectivity index (χ3n) is 3.57. The molecular formula is C15H14F2N4O2. The molecule has 0 spiro atoms. The summed E-state index contributed by atoms with van der Waals surface area (Å²) < 4.78 is 28.3. The minimum atomic E-state index is -1.01. The third-order valence-corrected chi connectivity index (χ3v) is 3.57. The van der Waals surface area contributed by atoms with Crippen molar-refractivity contribution in [2.24, 2.45) is 14.1 Å². The molecule has 8 heteroatoms. The summed E-state index contributed by atoms with van der Waals surface area (Å²) >= 11 is 0. The molecule has 0 bridgehead atoms. The minimum Gasteiger partial charge on any atom is -0.364 e. The average Bonchev–Trinajstić information content (AvgIpc) is 2.53. The van der Waals surface area contributed by atoms with Crippen LogP contribution in [0.3, 0.4) is 0 Å². The number of nitrogens with one attached hydrogen (secondary N) is 1. The van der Waals surface area contributed by atoms with Crippen LogP contribution in [0.1, 0.15) is 24.1 Å². The topological polar surface area (TPSA) is 79.8 Å². The molecule has 0 amide bonds. The van der Waals surface area contributed by atoms with Gasteiger partial charge in [0.05, 0.1) is 6.04 Å². The number of aromatic nitrogens is 2. The summed E-state index contributed by atoms with van der Waals surface area (Å²) in [5, 5.41) is 12.0. The summed E-state index contributed by atoms with van der Waals surface area (Å²) in [4.78, 5) is 24.0. The molecule has 1 heterocycles. The lowest BCUT2D eigenvalue weighted by molar-refractivity contribution is 0.506. The molecule has 0 aliphatic heterocycles. The Labute approximate surface area is 130 Å². The summed E-state index contributed by atoms with van der Waals surface area (Å²) in [5.41, 5.74) is -1.16. The quantitative estimate of drug-likeness (QED) is 0.927. The van der Waals surface area contributed by atoms with Crippen molar-refractivity contribution in [2.75, 3.05) is 5.32 Å². The van der Waals surface area contributed by atoms with Gasteiger partial charge in [-0.2, -0.15) is 5.26 Å². The Morgan fingerprint density at radius 1 is 1.17 bits per heavy atom. The van der Waals surface area contributed by atoms with Crippen molar-refractivity contribution in [3.8, 4) is 6.07 Å². The van der Waals surface area contributed by atoms with Gasteiger partial charge in [0.25, 0.3) is 5.56 Å². The zero-order valence-electron chi connectivity index (χ0n) is 12.7. The number of hydrogen-bond donors (Lipinski definition) is 1. The van der Waals surface area contributed by atoms with Crippen LogP contribution in [0.5, 0.6) is 0 Å². The van der Waals surface area contributed by atoms with Crippen LogP contribution in [0, 0.1) is 23.0 Å². The highest BCUT2D eigenvalue weighted by molar-refractivity contribution is 5.52. The Balaban J connectivity index is 2.52. The van der Waals surface area contributed by atoms with Crippen molar-refractivity contribution in [1.82, 2.24) is 9.13 Å². The van der Waals surface area contributed by atoms with Crippen molar-refractivity contribution in [2.45, 2.75) is 13.0 Å². The molecule has 0 fully saturated rings. The first-order valence-electron chi connectivity index (χ1n) is 6.69. The molecule has 1 unspecified atom stereocenters. The SMILES string of the molecule is CC(Nc1c(C#N)c(=O)n(C)c(=O)n1C)c1ccc(F)c(F)c1. The van der Waals surface area contributed by atoms with Crippen molar-refractivity contribution in [3.63, 3.8) is 0 Å². The van der Waals surface area contributed by atoms with Crippen molar-refractivity contribution < 1.29 is 8.78 Å². The second kappa shape index (κ2) is 6.04. The molecule has 1 aromatic carbocycles. The summed E-state index contributed by atoms with van der Waals surface area (Å²) in [6.45, 7) is 1.63. The Kier molecular flexibility index (Phi) is 4.31. The van der Waals surface area contributed by atoms with E-state index in [1.165, 1.54) is 20.2 Å². The summed E-state index contributed by atoms with van der Waals surface area (Å²) in [5.74, 6) is -1.95. The molecular weight excluding hydrogens is 306 g/mol. The standard InChI is InChI=1S/C15H14F2N4O2/c1-8(9-4-5-11(16)12(17)6-9)19-13-10(7-18)14(22)21(3)15(23)20(13)2/h4-6,8,19H,1-3H3. The lowest BCUT2D eigenvalue weighted by Crippen LogP contribution is -2.40. The molecule has 0 aliphatic carbocycles. The monoisotopic (exact) mass is 320 g/mol. The van der Waals surface area contributed by atoms with Crippen molar-refractivity contribution in [1.29, 1.82) is 5.26 Å². The van der Waals surface area contributed by atoms with Gasteiger partial charge in [0.15, 0.2) is 17.2 Å². The summed E-state index contributed by atoms with van der Waals surface area (Å²) in [7, 11) is 2.68. The van der Waals surface area contributed by atoms with Gasteiger partial charge in [-0.15, -0.1) is 0 Å². The van der Waals surface area contributed by atoms with Gasteiger partial charge in [-0.25, -0.2) is 13.6 Å². The predicted molar refractivity (Wildman–Crippen MR) is 80.0 cm³/mol. The predicted octanol–water partition coefficient (Wildman–Crippen LogP) is 1.41. The van der Waals surface area contributed by atoms with E-state index >= 15 is 0 Å². The van der Waals surface area contributed by atoms with Crippen LogP contribution < -0.4 is 16.6 Å². The molecule has 0 saturated carbocycles. The van der Waals surface area contributed by atoms with Crippen LogP contribution in [-0.4, -0.2) is 9.13 Å². The van der Waals surface area contributed by atoms with Crippen LogP contribution in [0.25, 0.3) is 0 Å². The third kappa shape index (κ3) is 2.85. The largest absolute Gasteiger partial charge is 0.364 e. The molecule has 23 heavy (non-hydrogen) atoms. The fourth-order valence-electron chi connectivity index (χ4n) is 2.18. The highest BCUT2D eigenvalue weighted by Crippen LogP contribution is 2.21. The van der Waals surface area contributed by atoms with E-state index in [4.69, 9.17) is 0 Å². The van der Waals surface area contributed by atoms with Crippen LogP contribution in [0.4, 0.5) is 14.6 Å². The maximum Gasteiger partial charge on any atom is 0.332 e. The highest BCUT2D eigenvalue weighted by Gasteiger charge is 2.18. The smallest absolute Gasteiger partial charge is 0.332 e. The molecule has 0 radical (unpaired) electrons. The Morgan fingerprint density at radius 2 is 1.83 bits per heavy atom. The molecule has 1 aromatic heterocycles. The molecule has 1 N–H and O–H groups in total. The van der Waals surface area contributed by atoms with Gasteiger partial charge in [-0.3, -0.25) is 13.9 Å². The van der Waals surface area contributed by atoms with E-state index in [0.717, 1.165) is 21.3 Å². The first-order chi connectivity index (χ1) is 10.8.